The molecule has 4 rings (SSSR count). The standard InChI is InChI=1S/C22H17Cl2N5O3/c1-11-18-19(14(9-25)21(26)32-22(18)29-28-11)12-5-7-13(8-6-12)31-10-17(30)27-16-4-2-3-15(23)20(16)24/h2-8,19H,10,26H2,1H3,(H,27,30)(H,28,29). The van der Waals surface area contributed by atoms with Gasteiger partial charge in [0.05, 0.1) is 21.7 Å². The summed E-state index contributed by atoms with van der Waals surface area (Å²) in [5, 5.41) is 19.8. The van der Waals surface area contributed by atoms with Crippen LogP contribution in [-0.2, 0) is 4.79 Å². The zero-order valence-corrected chi connectivity index (χ0v) is 18.3. The van der Waals surface area contributed by atoms with Crippen LogP contribution in [0.1, 0.15) is 22.7 Å². The molecule has 2 heterocycles. The van der Waals surface area contributed by atoms with Gasteiger partial charge in [-0.25, -0.2) is 0 Å². The van der Waals surface area contributed by atoms with Crippen LogP contribution in [0.5, 0.6) is 11.6 Å². The van der Waals surface area contributed by atoms with Crippen molar-refractivity contribution in [3.8, 4) is 17.7 Å². The van der Waals surface area contributed by atoms with Crippen LogP contribution >= 0.6 is 23.2 Å². The van der Waals surface area contributed by atoms with Gasteiger partial charge in [0, 0.05) is 11.3 Å². The first-order valence-corrected chi connectivity index (χ1v) is 10.2. The zero-order chi connectivity index (χ0) is 22.8. The molecular weight excluding hydrogens is 453 g/mol. The van der Waals surface area contributed by atoms with Crippen LogP contribution in [0.25, 0.3) is 0 Å². The highest BCUT2D eigenvalue weighted by Crippen LogP contribution is 2.42. The predicted octanol–water partition coefficient (Wildman–Crippen LogP) is 4.26. The second kappa shape index (κ2) is 8.83. The smallest absolute Gasteiger partial charge is 0.262 e. The van der Waals surface area contributed by atoms with E-state index < -0.39 is 5.92 Å². The van der Waals surface area contributed by atoms with Crippen LogP contribution < -0.4 is 20.5 Å². The minimum atomic E-state index is -0.426. The summed E-state index contributed by atoms with van der Waals surface area (Å²) in [6.07, 6.45) is 0. The zero-order valence-electron chi connectivity index (χ0n) is 16.8. The SMILES string of the molecule is Cc1[nH]nc2c1C(c1ccc(OCC(=O)Nc3cccc(Cl)c3Cl)cc1)C(C#N)=C(N)O2. The van der Waals surface area contributed by atoms with Crippen LogP contribution in [0.2, 0.25) is 10.0 Å². The molecule has 4 N–H and O–H groups in total. The number of nitrogens with two attached hydrogens (primary N) is 1. The molecular formula is C22H17Cl2N5O3. The first-order chi connectivity index (χ1) is 15.4. The number of nitriles is 1. The largest absolute Gasteiger partial charge is 0.484 e. The Morgan fingerprint density at radius 2 is 2.06 bits per heavy atom. The van der Waals surface area contributed by atoms with Crippen molar-refractivity contribution >= 4 is 34.8 Å². The van der Waals surface area contributed by atoms with E-state index in [1.807, 2.05) is 6.92 Å². The van der Waals surface area contributed by atoms with Crippen LogP contribution in [0, 0.1) is 18.3 Å². The van der Waals surface area contributed by atoms with Crippen LogP contribution in [0.3, 0.4) is 0 Å². The minimum Gasteiger partial charge on any atom is -0.484 e. The lowest BCUT2D eigenvalue weighted by Crippen LogP contribution is -2.21. The highest BCUT2D eigenvalue weighted by Gasteiger charge is 2.34. The molecule has 1 unspecified atom stereocenters. The molecule has 0 saturated heterocycles. The Bertz CT molecular complexity index is 1260. The Balaban J connectivity index is 1.48. The Morgan fingerprint density at radius 1 is 1.31 bits per heavy atom. The molecule has 0 fully saturated rings. The topological polar surface area (TPSA) is 126 Å². The lowest BCUT2D eigenvalue weighted by atomic mass is 9.84. The summed E-state index contributed by atoms with van der Waals surface area (Å²) in [6.45, 7) is 1.63. The van der Waals surface area contributed by atoms with Crippen molar-refractivity contribution in [1.29, 1.82) is 5.26 Å². The molecule has 0 radical (unpaired) electrons. The maximum absolute atomic E-state index is 12.2. The first-order valence-electron chi connectivity index (χ1n) is 9.48. The third kappa shape index (κ3) is 4.08. The number of carbonyl (C=O) groups is 1. The van der Waals surface area contributed by atoms with E-state index in [1.165, 1.54) is 0 Å². The number of halogens is 2. The van der Waals surface area contributed by atoms with Gasteiger partial charge in [-0.2, -0.15) is 5.26 Å². The molecule has 1 aliphatic heterocycles. The number of hydrogen-bond acceptors (Lipinski definition) is 6. The number of nitrogens with one attached hydrogen (secondary N) is 2. The Hall–Kier alpha value is -3.67. The van der Waals surface area contributed by atoms with Crippen molar-refractivity contribution in [2.45, 2.75) is 12.8 Å². The number of nitrogens with zero attached hydrogens (tertiary/aromatic N) is 2. The Morgan fingerprint density at radius 3 is 2.78 bits per heavy atom. The van der Waals surface area contributed by atoms with E-state index in [4.69, 9.17) is 38.4 Å². The summed E-state index contributed by atoms with van der Waals surface area (Å²) in [7, 11) is 0. The van der Waals surface area contributed by atoms with Crippen molar-refractivity contribution in [3.05, 3.63) is 80.8 Å². The van der Waals surface area contributed by atoms with Gasteiger partial charge < -0.3 is 20.5 Å². The number of aromatic nitrogens is 2. The van der Waals surface area contributed by atoms with Gasteiger partial charge in [-0.1, -0.05) is 41.4 Å². The van der Waals surface area contributed by atoms with Gasteiger partial charge in [0.1, 0.15) is 17.4 Å². The van der Waals surface area contributed by atoms with E-state index in [1.54, 1.807) is 42.5 Å². The van der Waals surface area contributed by atoms with Crippen molar-refractivity contribution in [2.75, 3.05) is 11.9 Å². The van der Waals surface area contributed by atoms with E-state index in [0.29, 0.717) is 27.9 Å². The van der Waals surface area contributed by atoms with Gasteiger partial charge >= 0.3 is 0 Å². The third-order valence-corrected chi connectivity index (χ3v) is 5.76. The van der Waals surface area contributed by atoms with Crippen LogP contribution in [-0.4, -0.2) is 22.7 Å². The fourth-order valence-electron chi connectivity index (χ4n) is 3.42. The molecule has 2 aromatic carbocycles. The summed E-state index contributed by atoms with van der Waals surface area (Å²) < 4.78 is 11.0. The average molecular weight is 470 g/mol. The number of rotatable bonds is 5. The molecule has 1 atom stereocenters. The number of H-pyrrole nitrogens is 1. The molecule has 0 saturated carbocycles. The summed E-state index contributed by atoms with van der Waals surface area (Å²) >= 11 is 12.0. The van der Waals surface area contributed by atoms with E-state index in [2.05, 4.69) is 21.6 Å². The molecule has 0 aliphatic carbocycles. The van der Waals surface area contributed by atoms with E-state index >= 15 is 0 Å². The normalized spacial score (nSPS) is 14.9. The highest BCUT2D eigenvalue weighted by atomic mass is 35.5. The number of aryl methyl sites for hydroxylation is 1. The van der Waals surface area contributed by atoms with Gasteiger partial charge in [-0.3, -0.25) is 9.89 Å². The van der Waals surface area contributed by atoms with E-state index in [-0.39, 0.29) is 23.4 Å². The Labute approximate surface area is 193 Å². The number of carbonyl (C=O) groups excluding carboxylic acids is 1. The second-order valence-electron chi connectivity index (χ2n) is 7.00. The van der Waals surface area contributed by atoms with E-state index in [0.717, 1.165) is 16.8 Å². The third-order valence-electron chi connectivity index (χ3n) is 4.94. The van der Waals surface area contributed by atoms with Gasteiger partial charge in [-0.05, 0) is 36.8 Å². The fourth-order valence-corrected chi connectivity index (χ4v) is 3.77. The number of anilines is 1. The summed E-state index contributed by atoms with van der Waals surface area (Å²) in [4.78, 5) is 12.2. The van der Waals surface area contributed by atoms with Crippen molar-refractivity contribution in [3.63, 3.8) is 0 Å². The van der Waals surface area contributed by atoms with Gasteiger partial charge in [0.15, 0.2) is 6.61 Å². The maximum atomic E-state index is 12.2. The van der Waals surface area contributed by atoms with Gasteiger partial charge in [-0.15, -0.1) is 5.10 Å². The van der Waals surface area contributed by atoms with Crippen LogP contribution in [0.4, 0.5) is 5.69 Å². The summed E-state index contributed by atoms with van der Waals surface area (Å²) in [5.74, 6) is 0.0372. The van der Waals surface area contributed by atoms with Crippen molar-refractivity contribution < 1.29 is 14.3 Å². The molecule has 8 nitrogen and oxygen atoms in total. The molecule has 1 aliphatic rings. The quantitative estimate of drug-likeness (QED) is 0.512. The van der Waals surface area contributed by atoms with Crippen molar-refractivity contribution in [2.24, 2.45) is 5.73 Å². The first kappa shape index (κ1) is 21.6. The highest BCUT2D eigenvalue weighted by molar-refractivity contribution is 6.44. The molecule has 10 heteroatoms. The number of benzene rings is 2. The number of hydrogen-bond donors (Lipinski definition) is 3. The lowest BCUT2D eigenvalue weighted by molar-refractivity contribution is -0.118. The number of ether oxygens (including phenoxy) is 2. The monoisotopic (exact) mass is 469 g/mol. The Kier molecular flexibility index (Phi) is 5.95. The van der Waals surface area contributed by atoms with Crippen LogP contribution in [0.15, 0.2) is 53.9 Å². The number of allylic oxidation sites excluding steroid dienone is 1. The average Bonchev–Trinajstić information content (AvgIpc) is 3.15. The molecule has 162 valence electrons. The number of fused-ring (bicyclic) bond motifs is 1. The minimum absolute atomic E-state index is 0.0215. The second-order valence-corrected chi connectivity index (χ2v) is 7.78. The summed E-state index contributed by atoms with van der Waals surface area (Å²) in [6, 6.07) is 14.1. The molecule has 3 aromatic rings. The van der Waals surface area contributed by atoms with Gasteiger partial charge in [0.2, 0.25) is 11.8 Å². The number of amides is 1. The van der Waals surface area contributed by atoms with Crippen molar-refractivity contribution in [1.82, 2.24) is 10.2 Å². The van der Waals surface area contributed by atoms with Gasteiger partial charge in [0.25, 0.3) is 5.91 Å². The molecule has 32 heavy (non-hydrogen) atoms. The molecule has 0 spiro atoms. The molecule has 1 aromatic heterocycles. The van der Waals surface area contributed by atoms with E-state index in [9.17, 15) is 10.1 Å². The fraction of sp³-hybridized carbons (Fsp3) is 0.136. The maximum Gasteiger partial charge on any atom is 0.262 e. The lowest BCUT2D eigenvalue weighted by Gasteiger charge is -2.23. The molecule has 1 amide bonds. The summed E-state index contributed by atoms with van der Waals surface area (Å²) in [5.41, 5.74) is 8.97. The molecule has 0 bridgehead atoms. The number of aromatic amines is 1. The predicted molar refractivity (Wildman–Crippen MR) is 120 cm³/mol.